The van der Waals surface area contributed by atoms with Crippen LogP contribution in [0.5, 0.6) is 0 Å². The highest BCUT2D eigenvalue weighted by atomic mass is 15.4. The average Bonchev–Trinajstić information content (AvgIpc) is 2.92. The highest BCUT2D eigenvalue weighted by Gasteiger charge is 2.06. The van der Waals surface area contributed by atoms with E-state index in [1.54, 1.807) is 0 Å². The van der Waals surface area contributed by atoms with Crippen molar-refractivity contribution >= 4 is 27.5 Å². The molecular formula is C17H13N3. The third-order valence-electron chi connectivity index (χ3n) is 3.46. The lowest BCUT2D eigenvalue weighted by atomic mass is 10.1. The van der Waals surface area contributed by atoms with Gasteiger partial charge in [0.15, 0.2) is 0 Å². The summed E-state index contributed by atoms with van der Waals surface area (Å²) in [6, 6.07) is 22.6. The number of fused-ring (bicyclic) bond motifs is 3. The number of aromatic nitrogens is 2. The van der Waals surface area contributed by atoms with Gasteiger partial charge < -0.3 is 0 Å². The normalized spacial score (nSPS) is 11.0. The van der Waals surface area contributed by atoms with E-state index < -0.39 is 0 Å². The summed E-state index contributed by atoms with van der Waals surface area (Å²) in [5.41, 5.74) is 6.51. The van der Waals surface area contributed by atoms with Crippen LogP contribution < -0.4 is 5.43 Å². The van der Waals surface area contributed by atoms with Crippen LogP contribution in [-0.2, 0) is 0 Å². The van der Waals surface area contributed by atoms with Crippen LogP contribution in [0.1, 0.15) is 0 Å². The van der Waals surface area contributed by atoms with Crippen LogP contribution in [0.3, 0.4) is 0 Å². The standard InChI is InChI=1S/C17H13N3/c1-2-7-14(8-3-1)19-20-12-18-16-11-10-13-6-4-5-9-15(13)17(16)20/h1-12,19H. The molecule has 1 N–H and O–H groups in total. The van der Waals surface area contributed by atoms with Gasteiger partial charge in [0.25, 0.3) is 0 Å². The quantitative estimate of drug-likeness (QED) is 0.588. The van der Waals surface area contributed by atoms with E-state index in [4.69, 9.17) is 0 Å². The smallest absolute Gasteiger partial charge is 0.116 e. The molecule has 0 bridgehead atoms. The van der Waals surface area contributed by atoms with Crippen molar-refractivity contribution in [3.05, 3.63) is 73.1 Å². The summed E-state index contributed by atoms with van der Waals surface area (Å²) in [5, 5.41) is 2.42. The van der Waals surface area contributed by atoms with E-state index in [2.05, 4.69) is 46.8 Å². The Morgan fingerprint density at radius 3 is 2.50 bits per heavy atom. The summed E-state index contributed by atoms with van der Waals surface area (Å²) in [6.07, 6.45) is 1.82. The fourth-order valence-corrected chi connectivity index (χ4v) is 2.52. The largest absolute Gasteiger partial charge is 0.293 e. The lowest BCUT2D eigenvalue weighted by molar-refractivity contribution is 0.992. The molecule has 4 rings (SSSR count). The fraction of sp³-hybridized carbons (Fsp3) is 0. The third kappa shape index (κ3) is 1.72. The number of nitrogens with zero attached hydrogens (tertiary/aromatic N) is 2. The van der Waals surface area contributed by atoms with Crippen LogP contribution in [0.4, 0.5) is 5.69 Å². The summed E-state index contributed by atoms with van der Waals surface area (Å²) in [4.78, 5) is 4.47. The van der Waals surface area contributed by atoms with E-state index in [0.29, 0.717) is 0 Å². The molecule has 3 nitrogen and oxygen atoms in total. The minimum atomic E-state index is 0.993. The Morgan fingerprint density at radius 2 is 1.60 bits per heavy atom. The van der Waals surface area contributed by atoms with Crippen LogP contribution in [0.25, 0.3) is 21.8 Å². The summed E-state index contributed by atoms with van der Waals surface area (Å²) < 4.78 is 1.98. The maximum Gasteiger partial charge on any atom is 0.116 e. The first-order chi connectivity index (χ1) is 9.92. The summed E-state index contributed by atoms with van der Waals surface area (Å²) in [5.74, 6) is 0. The predicted molar refractivity (Wildman–Crippen MR) is 82.7 cm³/mol. The van der Waals surface area contributed by atoms with Crippen LogP contribution in [-0.4, -0.2) is 9.66 Å². The average molecular weight is 259 g/mol. The molecule has 0 aliphatic heterocycles. The molecule has 0 unspecified atom stereocenters. The summed E-state index contributed by atoms with van der Waals surface area (Å²) >= 11 is 0. The number of rotatable bonds is 2. The minimum absolute atomic E-state index is 0.993. The topological polar surface area (TPSA) is 29.9 Å². The predicted octanol–water partition coefficient (Wildman–Crippen LogP) is 4.06. The van der Waals surface area contributed by atoms with Gasteiger partial charge in [-0.25, -0.2) is 9.66 Å². The van der Waals surface area contributed by atoms with Gasteiger partial charge in [-0.3, -0.25) is 5.43 Å². The van der Waals surface area contributed by atoms with Gasteiger partial charge >= 0.3 is 0 Å². The maximum absolute atomic E-state index is 4.47. The third-order valence-corrected chi connectivity index (χ3v) is 3.46. The first-order valence-electron chi connectivity index (χ1n) is 6.59. The molecule has 3 aromatic carbocycles. The second kappa shape index (κ2) is 4.38. The van der Waals surface area contributed by atoms with Crippen molar-refractivity contribution in [3.8, 4) is 0 Å². The van der Waals surface area contributed by atoms with E-state index in [-0.39, 0.29) is 0 Å². The first kappa shape index (κ1) is 11.1. The number of hydrogen-bond acceptors (Lipinski definition) is 2. The van der Waals surface area contributed by atoms with Gasteiger partial charge in [-0.15, -0.1) is 0 Å². The fourth-order valence-electron chi connectivity index (χ4n) is 2.52. The zero-order chi connectivity index (χ0) is 13.4. The van der Waals surface area contributed by atoms with Crippen molar-refractivity contribution in [3.63, 3.8) is 0 Å². The number of para-hydroxylation sites is 1. The zero-order valence-electron chi connectivity index (χ0n) is 10.8. The molecule has 96 valence electrons. The van der Waals surface area contributed by atoms with Gasteiger partial charge in [-0.2, -0.15) is 0 Å². The Labute approximate surface area is 116 Å². The van der Waals surface area contributed by atoms with Crippen LogP contribution in [0.2, 0.25) is 0 Å². The molecular weight excluding hydrogens is 246 g/mol. The van der Waals surface area contributed by atoms with Crippen molar-refractivity contribution < 1.29 is 0 Å². The molecule has 0 saturated carbocycles. The van der Waals surface area contributed by atoms with Crippen molar-refractivity contribution in [2.45, 2.75) is 0 Å². The van der Waals surface area contributed by atoms with E-state index in [1.165, 1.54) is 10.8 Å². The molecule has 0 saturated heterocycles. The van der Waals surface area contributed by atoms with Gasteiger partial charge in [0.1, 0.15) is 6.33 Å². The van der Waals surface area contributed by atoms with Crippen molar-refractivity contribution in [2.75, 3.05) is 5.43 Å². The molecule has 0 aliphatic rings. The van der Waals surface area contributed by atoms with E-state index in [1.807, 2.05) is 41.3 Å². The molecule has 0 spiro atoms. The number of imidazole rings is 1. The molecule has 0 amide bonds. The lowest BCUT2D eigenvalue weighted by Crippen LogP contribution is -2.07. The molecule has 0 atom stereocenters. The van der Waals surface area contributed by atoms with Gasteiger partial charge in [0, 0.05) is 5.39 Å². The number of anilines is 1. The zero-order valence-corrected chi connectivity index (χ0v) is 10.8. The van der Waals surface area contributed by atoms with Crippen LogP contribution in [0, 0.1) is 0 Å². The Hall–Kier alpha value is -2.81. The first-order valence-corrected chi connectivity index (χ1v) is 6.59. The molecule has 0 fully saturated rings. The Morgan fingerprint density at radius 1 is 0.800 bits per heavy atom. The van der Waals surface area contributed by atoms with E-state index >= 15 is 0 Å². The highest BCUT2D eigenvalue weighted by Crippen LogP contribution is 2.24. The van der Waals surface area contributed by atoms with Crippen molar-refractivity contribution in [2.24, 2.45) is 0 Å². The SMILES string of the molecule is c1ccc(Nn2cnc3ccc4ccccc4c32)cc1. The summed E-state index contributed by atoms with van der Waals surface area (Å²) in [7, 11) is 0. The van der Waals surface area contributed by atoms with Crippen molar-refractivity contribution in [1.82, 2.24) is 9.66 Å². The van der Waals surface area contributed by atoms with Gasteiger partial charge in [0.05, 0.1) is 16.7 Å². The van der Waals surface area contributed by atoms with Crippen LogP contribution in [0.15, 0.2) is 73.1 Å². The second-order valence-corrected chi connectivity index (χ2v) is 4.75. The monoisotopic (exact) mass is 259 g/mol. The summed E-state index contributed by atoms with van der Waals surface area (Å²) in [6.45, 7) is 0. The highest BCUT2D eigenvalue weighted by molar-refractivity contribution is 6.04. The lowest BCUT2D eigenvalue weighted by Gasteiger charge is -2.09. The molecule has 1 heterocycles. The Kier molecular flexibility index (Phi) is 2.42. The minimum Gasteiger partial charge on any atom is -0.293 e. The molecule has 1 aromatic heterocycles. The Bertz CT molecular complexity index is 878. The molecule has 20 heavy (non-hydrogen) atoms. The Balaban J connectivity index is 1.94. The van der Waals surface area contributed by atoms with E-state index in [9.17, 15) is 0 Å². The van der Waals surface area contributed by atoms with Crippen molar-refractivity contribution in [1.29, 1.82) is 0 Å². The molecule has 0 aliphatic carbocycles. The van der Waals surface area contributed by atoms with E-state index in [0.717, 1.165) is 16.7 Å². The maximum atomic E-state index is 4.47. The molecule has 0 radical (unpaired) electrons. The number of nitrogens with one attached hydrogen (secondary N) is 1. The molecule has 4 aromatic rings. The molecule has 3 heteroatoms. The second-order valence-electron chi connectivity index (χ2n) is 4.75. The van der Waals surface area contributed by atoms with Gasteiger partial charge in [-0.05, 0) is 23.6 Å². The van der Waals surface area contributed by atoms with Gasteiger partial charge in [0.2, 0.25) is 0 Å². The number of benzene rings is 3. The van der Waals surface area contributed by atoms with Crippen LogP contribution >= 0.6 is 0 Å². The number of hydrogen-bond donors (Lipinski definition) is 1. The van der Waals surface area contributed by atoms with Gasteiger partial charge in [-0.1, -0.05) is 48.5 Å².